The second kappa shape index (κ2) is 6.10. The lowest BCUT2D eigenvalue weighted by atomic mass is 9.64. The van der Waals surface area contributed by atoms with E-state index in [0.717, 1.165) is 49.8 Å². The molecule has 2 aliphatic carbocycles. The molecule has 0 bridgehead atoms. The summed E-state index contributed by atoms with van der Waals surface area (Å²) < 4.78 is 37.9. The summed E-state index contributed by atoms with van der Waals surface area (Å²) in [4.78, 5) is 0. The van der Waals surface area contributed by atoms with Gasteiger partial charge in [0.2, 0.25) is 0 Å². The molecule has 1 unspecified atom stereocenters. The number of allylic oxidation sites excluding steroid dienone is 4. The minimum absolute atomic E-state index is 0.144. The Labute approximate surface area is 135 Å². The Morgan fingerprint density at radius 3 is 2.74 bits per heavy atom. The Morgan fingerprint density at radius 2 is 2.13 bits per heavy atom. The summed E-state index contributed by atoms with van der Waals surface area (Å²) in [5.74, 6) is 0.172. The molecule has 2 aliphatic rings. The lowest BCUT2D eigenvalue weighted by Gasteiger charge is -2.42. The molecule has 0 radical (unpaired) electrons. The van der Waals surface area contributed by atoms with E-state index < -0.39 is 11.8 Å². The van der Waals surface area contributed by atoms with Gasteiger partial charge in [-0.2, -0.15) is 13.2 Å². The van der Waals surface area contributed by atoms with Crippen LogP contribution in [0.15, 0.2) is 36.0 Å². The van der Waals surface area contributed by atoms with E-state index in [-0.39, 0.29) is 23.9 Å². The molecule has 2 N–H and O–H groups in total. The van der Waals surface area contributed by atoms with Crippen molar-refractivity contribution in [3.05, 3.63) is 36.0 Å². The Balaban J connectivity index is 2.05. The molecule has 130 valence electrons. The summed E-state index contributed by atoms with van der Waals surface area (Å²) in [5.41, 5.74) is -1.16. The van der Waals surface area contributed by atoms with Crippen LogP contribution in [0.1, 0.15) is 46.0 Å². The van der Waals surface area contributed by atoms with Crippen LogP contribution in [0.25, 0.3) is 0 Å². The second-order valence-corrected chi connectivity index (χ2v) is 7.19. The lowest BCUT2D eigenvalue weighted by Crippen LogP contribution is -2.40. The number of hydrogen-bond donors (Lipinski definition) is 2. The highest BCUT2D eigenvalue weighted by molar-refractivity contribution is 5.40. The minimum atomic E-state index is -4.69. The van der Waals surface area contributed by atoms with Crippen molar-refractivity contribution in [3.8, 4) is 0 Å². The molecule has 0 heterocycles. The van der Waals surface area contributed by atoms with E-state index in [0.29, 0.717) is 0 Å². The van der Waals surface area contributed by atoms with Crippen LogP contribution < -0.4 is 0 Å². The van der Waals surface area contributed by atoms with E-state index >= 15 is 0 Å². The van der Waals surface area contributed by atoms with Gasteiger partial charge in [-0.05, 0) is 67.6 Å². The largest absolute Gasteiger partial charge is 0.420 e. The zero-order chi connectivity index (χ0) is 17.5. The molecule has 4 atom stereocenters. The van der Waals surface area contributed by atoms with Crippen LogP contribution >= 0.6 is 0 Å². The van der Waals surface area contributed by atoms with E-state index in [1.165, 1.54) is 6.08 Å². The summed E-state index contributed by atoms with van der Waals surface area (Å²) >= 11 is 0. The number of halogens is 3. The molecular formula is C18H25F3O2. The van der Waals surface area contributed by atoms with Gasteiger partial charge >= 0.3 is 6.18 Å². The Kier molecular flexibility index (Phi) is 4.84. The first-order chi connectivity index (χ1) is 10.5. The van der Waals surface area contributed by atoms with Crippen LogP contribution in [0, 0.1) is 11.3 Å². The first-order valence-corrected chi connectivity index (χ1v) is 8.03. The number of rotatable bonds is 4. The highest BCUT2D eigenvalue weighted by atomic mass is 19.4. The average molecular weight is 330 g/mol. The predicted molar refractivity (Wildman–Crippen MR) is 83.7 cm³/mol. The monoisotopic (exact) mass is 330 g/mol. The second-order valence-electron chi connectivity index (χ2n) is 7.19. The van der Waals surface area contributed by atoms with E-state index in [2.05, 4.69) is 19.6 Å². The molecule has 1 saturated carbocycles. The molecule has 2 nitrogen and oxygen atoms in total. The van der Waals surface area contributed by atoms with Crippen molar-refractivity contribution in [1.82, 2.24) is 0 Å². The topological polar surface area (TPSA) is 40.5 Å². The van der Waals surface area contributed by atoms with Gasteiger partial charge in [0.05, 0.1) is 6.10 Å². The van der Waals surface area contributed by atoms with Gasteiger partial charge < -0.3 is 10.2 Å². The van der Waals surface area contributed by atoms with Crippen LogP contribution in [0.2, 0.25) is 0 Å². The van der Waals surface area contributed by atoms with E-state index in [1.54, 1.807) is 0 Å². The molecule has 0 aromatic carbocycles. The quantitative estimate of drug-likeness (QED) is 0.755. The Morgan fingerprint density at radius 1 is 1.48 bits per heavy atom. The number of fused-ring (bicyclic) bond motifs is 1. The van der Waals surface area contributed by atoms with Crippen LogP contribution in [0.5, 0.6) is 0 Å². The van der Waals surface area contributed by atoms with E-state index in [1.807, 2.05) is 0 Å². The number of alkyl halides is 3. The standard InChI is InChI=1S/C18H25F3O2/c1-12(6-4-11-17(3,23)18(19,20)21)13-8-9-14-15(22)7-5-10-16(13,14)2/h4,8,11,14-15,22-23H,1,5-7,9-10H2,2-3H3/b11-4-/t14-,15-,16+,17?/m0/s1. The summed E-state index contributed by atoms with van der Waals surface area (Å²) in [6.45, 7) is 6.86. The van der Waals surface area contributed by atoms with Crippen LogP contribution in [-0.2, 0) is 0 Å². The maximum atomic E-state index is 12.6. The maximum absolute atomic E-state index is 12.6. The zero-order valence-corrected chi connectivity index (χ0v) is 13.7. The SMILES string of the molecule is C=C(C/C=C\C(C)(O)C(F)(F)F)C1=CC[C@H]2[C@@H](O)CCC[C@]12C. The molecule has 0 saturated heterocycles. The smallest absolute Gasteiger partial charge is 0.393 e. The van der Waals surface area contributed by atoms with Crippen molar-refractivity contribution in [3.63, 3.8) is 0 Å². The molecule has 5 heteroatoms. The van der Waals surface area contributed by atoms with Gasteiger partial charge in [-0.25, -0.2) is 0 Å². The van der Waals surface area contributed by atoms with Crippen molar-refractivity contribution in [2.24, 2.45) is 11.3 Å². The van der Waals surface area contributed by atoms with Crippen LogP contribution in [0.4, 0.5) is 13.2 Å². The van der Waals surface area contributed by atoms with Crippen molar-refractivity contribution < 1.29 is 23.4 Å². The van der Waals surface area contributed by atoms with Crippen LogP contribution in [-0.4, -0.2) is 28.1 Å². The van der Waals surface area contributed by atoms with Gasteiger partial charge in [0, 0.05) is 0 Å². The van der Waals surface area contributed by atoms with Gasteiger partial charge in [-0.1, -0.05) is 25.7 Å². The summed E-state index contributed by atoms with van der Waals surface area (Å²) in [5, 5.41) is 19.6. The van der Waals surface area contributed by atoms with Crippen molar-refractivity contribution >= 4 is 0 Å². The highest BCUT2D eigenvalue weighted by Gasteiger charge is 2.48. The molecular weight excluding hydrogens is 305 g/mol. The third-order valence-corrected chi connectivity index (χ3v) is 5.43. The number of aliphatic hydroxyl groups excluding tert-OH is 1. The molecule has 0 spiro atoms. The molecule has 0 amide bonds. The Hall–Kier alpha value is -1.07. The Bertz CT molecular complexity index is 531. The van der Waals surface area contributed by atoms with Gasteiger partial charge in [-0.15, -0.1) is 0 Å². The molecule has 0 aromatic heterocycles. The van der Waals surface area contributed by atoms with E-state index in [4.69, 9.17) is 0 Å². The lowest BCUT2D eigenvalue weighted by molar-refractivity contribution is -0.232. The summed E-state index contributed by atoms with van der Waals surface area (Å²) in [6, 6.07) is 0. The number of hydrogen-bond acceptors (Lipinski definition) is 2. The minimum Gasteiger partial charge on any atom is -0.393 e. The van der Waals surface area contributed by atoms with Gasteiger partial charge in [-0.3, -0.25) is 0 Å². The fourth-order valence-corrected chi connectivity index (χ4v) is 3.90. The molecule has 2 rings (SSSR count). The van der Waals surface area contributed by atoms with Gasteiger partial charge in [0.25, 0.3) is 0 Å². The molecule has 0 aliphatic heterocycles. The highest BCUT2D eigenvalue weighted by Crippen LogP contribution is 2.54. The molecule has 0 aromatic rings. The van der Waals surface area contributed by atoms with Crippen molar-refractivity contribution in [2.75, 3.05) is 0 Å². The third-order valence-electron chi connectivity index (χ3n) is 5.43. The predicted octanol–water partition coefficient (Wildman–Crippen LogP) is 4.30. The summed E-state index contributed by atoms with van der Waals surface area (Å²) in [6.07, 6.45) is 2.92. The molecule has 23 heavy (non-hydrogen) atoms. The fraction of sp³-hybridized carbons (Fsp3) is 0.667. The van der Waals surface area contributed by atoms with Crippen molar-refractivity contribution in [2.45, 2.75) is 63.8 Å². The van der Waals surface area contributed by atoms with Gasteiger partial charge in [0.1, 0.15) is 0 Å². The zero-order valence-electron chi connectivity index (χ0n) is 13.7. The number of aliphatic hydroxyl groups is 2. The average Bonchev–Trinajstić information content (AvgIpc) is 2.75. The first-order valence-electron chi connectivity index (χ1n) is 8.03. The summed E-state index contributed by atoms with van der Waals surface area (Å²) in [7, 11) is 0. The van der Waals surface area contributed by atoms with Crippen molar-refractivity contribution in [1.29, 1.82) is 0 Å². The third kappa shape index (κ3) is 3.41. The first kappa shape index (κ1) is 18.3. The van der Waals surface area contributed by atoms with Crippen LogP contribution in [0.3, 0.4) is 0 Å². The van der Waals surface area contributed by atoms with Gasteiger partial charge in [0.15, 0.2) is 5.60 Å². The normalized spacial score (nSPS) is 34.1. The fourth-order valence-electron chi connectivity index (χ4n) is 3.90. The molecule has 1 fully saturated rings. The van der Waals surface area contributed by atoms with E-state index in [9.17, 15) is 23.4 Å². The maximum Gasteiger partial charge on any atom is 0.420 e.